The number of fused-ring (bicyclic) bond motifs is 3. The van der Waals surface area contributed by atoms with Crippen molar-refractivity contribution >= 4 is 16.6 Å². The minimum absolute atomic E-state index is 0.392. The fourth-order valence-corrected chi connectivity index (χ4v) is 4.07. The lowest BCUT2D eigenvalue weighted by Crippen LogP contribution is -2.55. The van der Waals surface area contributed by atoms with Gasteiger partial charge in [0.25, 0.3) is 0 Å². The van der Waals surface area contributed by atoms with Crippen molar-refractivity contribution < 1.29 is 0 Å². The van der Waals surface area contributed by atoms with Gasteiger partial charge in [-0.3, -0.25) is 4.98 Å². The number of pyridine rings is 1. The van der Waals surface area contributed by atoms with Gasteiger partial charge in [-0.15, -0.1) is 0 Å². The van der Waals surface area contributed by atoms with Crippen LogP contribution in [0.25, 0.3) is 10.9 Å². The van der Waals surface area contributed by atoms with Crippen LogP contribution in [-0.2, 0) is 0 Å². The van der Waals surface area contributed by atoms with Crippen molar-refractivity contribution in [3.63, 3.8) is 0 Å². The summed E-state index contributed by atoms with van der Waals surface area (Å²) in [5.74, 6) is 0. The van der Waals surface area contributed by atoms with Gasteiger partial charge >= 0.3 is 0 Å². The van der Waals surface area contributed by atoms with Gasteiger partial charge in [0.05, 0.1) is 5.52 Å². The van der Waals surface area contributed by atoms with E-state index in [1.54, 1.807) is 0 Å². The maximum absolute atomic E-state index is 6.22. The maximum Gasteiger partial charge on any atom is 0.0703 e. The molecule has 3 heterocycles. The second-order valence-electron chi connectivity index (χ2n) is 6.26. The van der Waals surface area contributed by atoms with Crippen LogP contribution in [0.5, 0.6) is 0 Å². The summed E-state index contributed by atoms with van der Waals surface area (Å²) in [6.07, 6.45) is 8.07. The smallest absolute Gasteiger partial charge is 0.0703 e. The molecule has 2 N–H and O–H groups in total. The van der Waals surface area contributed by atoms with Gasteiger partial charge in [0.2, 0.25) is 0 Å². The molecule has 1 aromatic heterocycles. The first-order chi connectivity index (χ1) is 9.81. The molecule has 4 rings (SSSR count). The highest BCUT2D eigenvalue weighted by atomic mass is 15.2. The van der Waals surface area contributed by atoms with Gasteiger partial charge in [-0.05, 0) is 56.4 Å². The highest BCUT2D eigenvalue weighted by Crippen LogP contribution is 2.37. The lowest BCUT2D eigenvalue weighted by molar-refractivity contribution is 0.271. The fourth-order valence-electron chi connectivity index (χ4n) is 4.07. The standard InChI is InChI=1S/C17H21N3/c18-13-10-14-4-1-5-15(11-13)20(14)16-6-7-17-12(9-16)3-2-8-19-17/h2-3,6-9,13-15H,1,4-5,10-11,18H2. The van der Waals surface area contributed by atoms with Crippen LogP contribution in [-0.4, -0.2) is 23.1 Å². The molecule has 2 aliphatic rings. The lowest BCUT2D eigenvalue weighted by Gasteiger charge is -2.49. The van der Waals surface area contributed by atoms with Gasteiger partial charge in [-0.25, -0.2) is 0 Å². The van der Waals surface area contributed by atoms with Crippen LogP contribution >= 0.6 is 0 Å². The number of nitrogens with zero attached hydrogens (tertiary/aromatic N) is 2. The molecule has 104 valence electrons. The first-order valence-electron chi connectivity index (χ1n) is 7.70. The average Bonchev–Trinajstić information content (AvgIpc) is 2.46. The third kappa shape index (κ3) is 1.97. The van der Waals surface area contributed by atoms with Crippen molar-refractivity contribution in [3.05, 3.63) is 36.5 Å². The first kappa shape index (κ1) is 12.2. The molecule has 0 saturated carbocycles. The molecule has 2 bridgehead atoms. The van der Waals surface area contributed by atoms with Gasteiger partial charge in [0, 0.05) is 35.4 Å². The zero-order valence-corrected chi connectivity index (χ0v) is 11.7. The van der Waals surface area contributed by atoms with E-state index in [0.717, 1.165) is 18.4 Å². The molecular weight excluding hydrogens is 246 g/mol. The molecule has 2 aliphatic heterocycles. The molecular formula is C17H21N3. The number of piperidine rings is 2. The Balaban J connectivity index is 1.74. The Morgan fingerprint density at radius 2 is 1.90 bits per heavy atom. The fraction of sp³-hybridized carbons (Fsp3) is 0.471. The molecule has 2 atom stereocenters. The van der Waals surface area contributed by atoms with E-state index < -0.39 is 0 Å². The molecule has 2 saturated heterocycles. The Hall–Kier alpha value is -1.61. The number of rotatable bonds is 1. The van der Waals surface area contributed by atoms with Crippen LogP contribution in [0.4, 0.5) is 5.69 Å². The minimum atomic E-state index is 0.392. The molecule has 20 heavy (non-hydrogen) atoms. The van der Waals surface area contributed by atoms with Gasteiger partial charge in [0.1, 0.15) is 0 Å². The summed E-state index contributed by atoms with van der Waals surface area (Å²) in [7, 11) is 0. The molecule has 2 unspecified atom stereocenters. The van der Waals surface area contributed by atoms with E-state index in [0.29, 0.717) is 18.1 Å². The van der Waals surface area contributed by atoms with Crippen molar-refractivity contribution in [2.75, 3.05) is 4.90 Å². The Morgan fingerprint density at radius 1 is 1.10 bits per heavy atom. The third-order valence-electron chi connectivity index (χ3n) is 4.90. The summed E-state index contributed by atoms with van der Waals surface area (Å²) in [5.41, 5.74) is 8.65. The monoisotopic (exact) mass is 267 g/mol. The summed E-state index contributed by atoms with van der Waals surface area (Å²) in [6.45, 7) is 0. The van der Waals surface area contributed by atoms with E-state index in [-0.39, 0.29) is 0 Å². The largest absolute Gasteiger partial charge is 0.365 e. The van der Waals surface area contributed by atoms with Gasteiger partial charge < -0.3 is 10.6 Å². The highest BCUT2D eigenvalue weighted by Gasteiger charge is 2.37. The lowest BCUT2D eigenvalue weighted by atomic mass is 9.81. The Kier molecular flexibility index (Phi) is 2.88. The second-order valence-corrected chi connectivity index (χ2v) is 6.26. The van der Waals surface area contributed by atoms with E-state index in [9.17, 15) is 0 Å². The predicted molar refractivity (Wildman–Crippen MR) is 82.9 cm³/mol. The number of benzene rings is 1. The topological polar surface area (TPSA) is 42.1 Å². The summed E-state index contributed by atoms with van der Waals surface area (Å²) in [4.78, 5) is 7.05. The van der Waals surface area contributed by atoms with Gasteiger partial charge in [-0.1, -0.05) is 6.07 Å². The Labute approximate surface area is 119 Å². The zero-order chi connectivity index (χ0) is 13.5. The van der Waals surface area contributed by atoms with E-state index in [4.69, 9.17) is 5.73 Å². The van der Waals surface area contributed by atoms with Crippen LogP contribution < -0.4 is 10.6 Å². The zero-order valence-electron chi connectivity index (χ0n) is 11.7. The average molecular weight is 267 g/mol. The van der Waals surface area contributed by atoms with Gasteiger partial charge in [-0.2, -0.15) is 0 Å². The van der Waals surface area contributed by atoms with Crippen molar-refractivity contribution in [2.24, 2.45) is 5.73 Å². The molecule has 2 fully saturated rings. The molecule has 3 heteroatoms. The predicted octanol–water partition coefficient (Wildman–Crippen LogP) is 3.08. The number of aromatic nitrogens is 1. The summed E-state index contributed by atoms with van der Waals surface area (Å²) in [6, 6.07) is 12.5. The van der Waals surface area contributed by atoms with E-state index in [1.165, 1.54) is 30.3 Å². The summed E-state index contributed by atoms with van der Waals surface area (Å²) >= 11 is 0. The molecule has 3 nitrogen and oxygen atoms in total. The van der Waals surface area contributed by atoms with Crippen LogP contribution in [0.2, 0.25) is 0 Å². The van der Waals surface area contributed by atoms with Crippen LogP contribution in [0.1, 0.15) is 32.1 Å². The van der Waals surface area contributed by atoms with Crippen LogP contribution in [0.15, 0.2) is 36.5 Å². The number of hydrogen-bond donors (Lipinski definition) is 1. The molecule has 2 aromatic rings. The van der Waals surface area contributed by atoms with E-state index >= 15 is 0 Å². The van der Waals surface area contributed by atoms with Crippen molar-refractivity contribution in [3.8, 4) is 0 Å². The van der Waals surface area contributed by atoms with Crippen molar-refractivity contribution in [1.29, 1.82) is 0 Å². The van der Waals surface area contributed by atoms with Crippen LogP contribution in [0, 0.1) is 0 Å². The molecule has 0 amide bonds. The van der Waals surface area contributed by atoms with Gasteiger partial charge in [0.15, 0.2) is 0 Å². The molecule has 0 radical (unpaired) electrons. The second kappa shape index (κ2) is 4.74. The Morgan fingerprint density at radius 3 is 2.70 bits per heavy atom. The SMILES string of the molecule is NC1CC2CCCC(C1)N2c1ccc2ncccc2c1. The minimum Gasteiger partial charge on any atom is -0.365 e. The quantitative estimate of drug-likeness (QED) is 0.863. The summed E-state index contributed by atoms with van der Waals surface area (Å²) in [5, 5.41) is 1.23. The molecule has 0 spiro atoms. The Bertz CT molecular complexity index is 610. The number of hydrogen-bond acceptors (Lipinski definition) is 3. The van der Waals surface area contributed by atoms with Crippen molar-refractivity contribution in [1.82, 2.24) is 4.98 Å². The normalized spacial score (nSPS) is 29.6. The highest BCUT2D eigenvalue weighted by molar-refractivity contribution is 5.82. The summed E-state index contributed by atoms with van der Waals surface area (Å²) < 4.78 is 0. The van der Waals surface area contributed by atoms with E-state index in [2.05, 4.69) is 34.1 Å². The molecule has 1 aromatic carbocycles. The van der Waals surface area contributed by atoms with E-state index in [1.807, 2.05) is 12.3 Å². The third-order valence-corrected chi connectivity index (χ3v) is 4.90. The molecule has 0 aliphatic carbocycles. The maximum atomic E-state index is 6.22. The number of anilines is 1. The first-order valence-corrected chi connectivity index (χ1v) is 7.70. The number of nitrogens with two attached hydrogens (primary N) is 1. The van der Waals surface area contributed by atoms with Crippen LogP contribution in [0.3, 0.4) is 0 Å². The van der Waals surface area contributed by atoms with Crippen molar-refractivity contribution in [2.45, 2.75) is 50.2 Å².